The molecule has 1 aliphatic heterocycles. The number of rotatable bonds is 5. The molecule has 1 unspecified atom stereocenters. The van der Waals surface area contributed by atoms with Crippen LogP contribution >= 0.6 is 0 Å². The van der Waals surface area contributed by atoms with Crippen molar-refractivity contribution in [2.45, 2.75) is 38.1 Å². The van der Waals surface area contributed by atoms with Gasteiger partial charge in [0, 0.05) is 29.6 Å². The summed E-state index contributed by atoms with van der Waals surface area (Å²) in [6, 6.07) is 8.99. The van der Waals surface area contributed by atoms with Crippen LogP contribution in [-0.4, -0.2) is 43.7 Å². The SMILES string of the molecule is COC1=C(OC)CC=C2C(=C1)CCCN(C)C2CCc1c[nH]c2ccccc12. The van der Waals surface area contributed by atoms with Crippen LogP contribution in [0.25, 0.3) is 10.9 Å². The van der Waals surface area contributed by atoms with E-state index in [0.717, 1.165) is 43.7 Å². The second-order valence-electron chi connectivity index (χ2n) is 7.73. The van der Waals surface area contributed by atoms with Crippen molar-refractivity contribution in [2.24, 2.45) is 0 Å². The summed E-state index contributed by atoms with van der Waals surface area (Å²) in [5.41, 5.74) is 5.47. The maximum atomic E-state index is 5.62. The minimum Gasteiger partial charge on any atom is -0.497 e. The molecule has 1 aromatic carbocycles. The van der Waals surface area contributed by atoms with Crippen LogP contribution in [0.15, 0.2) is 65.3 Å². The number of hydrogen-bond acceptors (Lipinski definition) is 3. The van der Waals surface area contributed by atoms with Crippen LogP contribution in [0.5, 0.6) is 0 Å². The number of aromatic amines is 1. The zero-order valence-corrected chi connectivity index (χ0v) is 17.1. The van der Waals surface area contributed by atoms with Crippen molar-refractivity contribution in [3.63, 3.8) is 0 Å². The molecule has 148 valence electrons. The molecule has 1 aromatic heterocycles. The van der Waals surface area contributed by atoms with Gasteiger partial charge in [0.25, 0.3) is 0 Å². The van der Waals surface area contributed by atoms with Gasteiger partial charge in [-0.25, -0.2) is 0 Å². The number of allylic oxidation sites excluding steroid dienone is 2. The molecular weight excluding hydrogens is 348 g/mol. The fourth-order valence-electron chi connectivity index (χ4n) is 4.60. The molecule has 0 radical (unpaired) electrons. The summed E-state index contributed by atoms with van der Waals surface area (Å²) in [7, 11) is 5.72. The quantitative estimate of drug-likeness (QED) is 0.799. The molecule has 4 nitrogen and oxygen atoms in total. The molecule has 4 rings (SSSR count). The van der Waals surface area contributed by atoms with Crippen LogP contribution in [-0.2, 0) is 15.9 Å². The van der Waals surface area contributed by atoms with Crippen LogP contribution in [0, 0.1) is 0 Å². The molecule has 28 heavy (non-hydrogen) atoms. The highest BCUT2D eigenvalue weighted by Gasteiger charge is 2.27. The summed E-state index contributed by atoms with van der Waals surface area (Å²) in [4.78, 5) is 5.93. The number of fused-ring (bicyclic) bond motifs is 2. The normalized spacial score (nSPS) is 20.9. The number of likely N-dealkylation sites (tertiary alicyclic amines) is 1. The first-order valence-electron chi connectivity index (χ1n) is 10.2. The van der Waals surface area contributed by atoms with Crippen LogP contribution < -0.4 is 0 Å². The van der Waals surface area contributed by atoms with Gasteiger partial charge in [0.2, 0.25) is 0 Å². The van der Waals surface area contributed by atoms with Crippen molar-refractivity contribution in [2.75, 3.05) is 27.8 Å². The summed E-state index contributed by atoms with van der Waals surface area (Å²) in [6.45, 7) is 1.12. The van der Waals surface area contributed by atoms with E-state index in [-0.39, 0.29) is 0 Å². The lowest BCUT2D eigenvalue weighted by Crippen LogP contribution is -2.33. The predicted molar refractivity (Wildman–Crippen MR) is 114 cm³/mol. The minimum absolute atomic E-state index is 0.414. The highest BCUT2D eigenvalue weighted by atomic mass is 16.5. The summed E-state index contributed by atoms with van der Waals surface area (Å²) < 4.78 is 11.2. The Labute approximate surface area is 167 Å². The molecule has 0 amide bonds. The molecule has 0 spiro atoms. The Morgan fingerprint density at radius 3 is 2.86 bits per heavy atom. The lowest BCUT2D eigenvalue weighted by atomic mass is 9.91. The van der Waals surface area contributed by atoms with E-state index in [0.29, 0.717) is 6.04 Å². The number of nitrogens with zero attached hydrogens (tertiary/aromatic N) is 1. The van der Waals surface area contributed by atoms with E-state index >= 15 is 0 Å². The Morgan fingerprint density at radius 2 is 2.04 bits per heavy atom. The zero-order valence-electron chi connectivity index (χ0n) is 17.1. The van der Waals surface area contributed by atoms with Crippen LogP contribution in [0.4, 0.5) is 0 Å². The fourth-order valence-corrected chi connectivity index (χ4v) is 4.60. The molecule has 2 aliphatic rings. The first-order chi connectivity index (χ1) is 13.7. The van der Waals surface area contributed by atoms with Crippen molar-refractivity contribution >= 4 is 10.9 Å². The van der Waals surface area contributed by atoms with Crippen LogP contribution in [0.1, 0.15) is 31.2 Å². The third-order valence-electron chi connectivity index (χ3n) is 6.13. The maximum absolute atomic E-state index is 5.62. The topological polar surface area (TPSA) is 37.5 Å². The number of H-pyrrole nitrogens is 1. The molecule has 2 heterocycles. The smallest absolute Gasteiger partial charge is 0.157 e. The van der Waals surface area contributed by atoms with E-state index in [4.69, 9.17) is 9.47 Å². The monoisotopic (exact) mass is 378 g/mol. The number of benzene rings is 1. The fraction of sp³-hybridized carbons (Fsp3) is 0.417. The summed E-state index contributed by atoms with van der Waals surface area (Å²) in [5.74, 6) is 1.78. The Kier molecular flexibility index (Phi) is 5.58. The van der Waals surface area contributed by atoms with E-state index in [1.165, 1.54) is 34.0 Å². The summed E-state index contributed by atoms with van der Waals surface area (Å²) in [6.07, 6.45) is 11.9. The average molecular weight is 379 g/mol. The number of methoxy groups -OCH3 is 2. The standard InChI is InChI=1S/C24H30N2O2/c1-26-14-6-7-17-15-24(28-3)23(27-2)13-11-20(17)22(26)12-10-18-16-25-21-9-5-4-8-19(18)21/h4-5,8-9,11,15-16,22,25H,6-7,10,12-14H2,1-3H3. The summed E-state index contributed by atoms with van der Waals surface area (Å²) in [5, 5.41) is 1.34. The Hall–Kier alpha value is -2.46. The predicted octanol–water partition coefficient (Wildman–Crippen LogP) is 4.96. The number of hydrogen-bond donors (Lipinski definition) is 1. The highest BCUT2D eigenvalue weighted by Crippen LogP contribution is 2.34. The third kappa shape index (κ3) is 3.61. The lowest BCUT2D eigenvalue weighted by Gasteiger charge is -2.28. The summed E-state index contributed by atoms with van der Waals surface area (Å²) >= 11 is 0. The Morgan fingerprint density at radius 1 is 1.18 bits per heavy atom. The van der Waals surface area contributed by atoms with E-state index in [1.54, 1.807) is 14.2 Å². The van der Waals surface area contributed by atoms with Gasteiger partial charge in [-0.3, -0.25) is 4.90 Å². The van der Waals surface area contributed by atoms with Crippen LogP contribution in [0.2, 0.25) is 0 Å². The minimum atomic E-state index is 0.414. The molecule has 4 heteroatoms. The third-order valence-corrected chi connectivity index (χ3v) is 6.13. The maximum Gasteiger partial charge on any atom is 0.157 e. The first kappa shape index (κ1) is 18.9. The number of nitrogens with one attached hydrogen (secondary N) is 1. The van der Waals surface area contributed by atoms with Gasteiger partial charge in [-0.15, -0.1) is 0 Å². The van der Waals surface area contributed by atoms with Crippen molar-refractivity contribution in [3.8, 4) is 0 Å². The van der Waals surface area contributed by atoms with E-state index < -0.39 is 0 Å². The molecule has 0 saturated carbocycles. The van der Waals surface area contributed by atoms with Crippen molar-refractivity contribution in [1.29, 1.82) is 0 Å². The van der Waals surface area contributed by atoms with Crippen LogP contribution in [0.3, 0.4) is 0 Å². The van der Waals surface area contributed by atoms with Crippen molar-refractivity contribution in [1.82, 2.24) is 9.88 Å². The first-order valence-corrected chi connectivity index (χ1v) is 10.2. The van der Waals surface area contributed by atoms with Gasteiger partial charge in [-0.2, -0.15) is 0 Å². The molecular formula is C24H30N2O2. The number of aryl methyl sites for hydroxylation is 1. The van der Waals surface area contributed by atoms with Gasteiger partial charge in [0.1, 0.15) is 5.76 Å². The van der Waals surface area contributed by atoms with Gasteiger partial charge in [0.05, 0.1) is 14.2 Å². The largest absolute Gasteiger partial charge is 0.497 e. The average Bonchev–Trinajstić information content (AvgIpc) is 2.96. The molecule has 1 N–H and O–H groups in total. The van der Waals surface area contributed by atoms with E-state index in [1.807, 2.05) is 0 Å². The van der Waals surface area contributed by atoms with Gasteiger partial charge in [-0.1, -0.05) is 24.3 Å². The molecule has 0 bridgehead atoms. The zero-order chi connectivity index (χ0) is 19.5. The Bertz CT molecular complexity index is 935. The Balaban J connectivity index is 1.61. The number of likely N-dealkylation sites (N-methyl/N-ethyl adjacent to an activating group) is 1. The van der Waals surface area contributed by atoms with Gasteiger partial charge in [-0.05, 0) is 68.1 Å². The number of aromatic nitrogens is 1. The lowest BCUT2D eigenvalue weighted by molar-refractivity contribution is 0.226. The second kappa shape index (κ2) is 8.27. The molecule has 1 atom stereocenters. The van der Waals surface area contributed by atoms with Gasteiger partial charge in [0.15, 0.2) is 5.76 Å². The van der Waals surface area contributed by atoms with Gasteiger partial charge >= 0.3 is 0 Å². The van der Waals surface area contributed by atoms with Crippen molar-refractivity contribution in [3.05, 3.63) is 70.8 Å². The molecule has 1 saturated heterocycles. The van der Waals surface area contributed by atoms with E-state index in [9.17, 15) is 0 Å². The molecule has 1 aliphatic carbocycles. The van der Waals surface area contributed by atoms with Crippen molar-refractivity contribution < 1.29 is 9.47 Å². The molecule has 2 aromatic rings. The van der Waals surface area contributed by atoms with Gasteiger partial charge < -0.3 is 14.5 Å². The second-order valence-corrected chi connectivity index (χ2v) is 7.73. The highest BCUT2D eigenvalue weighted by molar-refractivity contribution is 5.83. The van der Waals surface area contributed by atoms with E-state index in [2.05, 4.69) is 59.5 Å². The number of ether oxygens (including phenoxy) is 2. The molecule has 1 fully saturated rings. The number of para-hydroxylation sites is 1.